The van der Waals surface area contributed by atoms with Crippen LogP contribution in [-0.4, -0.2) is 9.97 Å². The van der Waals surface area contributed by atoms with E-state index in [0.717, 1.165) is 83.4 Å². The zero-order valence-electron chi connectivity index (χ0n) is 30.2. The summed E-state index contributed by atoms with van der Waals surface area (Å²) in [5.74, 6) is 0.671. The third-order valence-corrected chi connectivity index (χ3v) is 11.8. The second-order valence-corrected chi connectivity index (χ2v) is 15.2. The lowest BCUT2D eigenvalue weighted by atomic mass is 9.93. The number of thiophene rings is 1. The lowest BCUT2D eigenvalue weighted by Gasteiger charge is -2.14. The molecule has 0 aliphatic rings. The number of hydrogen-bond donors (Lipinski definition) is 0. The second kappa shape index (κ2) is 13.3. The Morgan fingerprint density at radius 2 is 0.929 bits per heavy atom. The Morgan fingerprint density at radius 1 is 0.357 bits per heavy atom. The number of rotatable bonds is 6. The average Bonchev–Trinajstić information content (AvgIpc) is 3.85. The van der Waals surface area contributed by atoms with E-state index in [9.17, 15) is 0 Å². The fourth-order valence-electron chi connectivity index (χ4n) is 7.98. The van der Waals surface area contributed by atoms with Crippen molar-refractivity contribution in [3.05, 3.63) is 194 Å². The first-order valence-corrected chi connectivity index (χ1v) is 19.6. The zero-order chi connectivity index (χ0) is 37.0. The van der Waals surface area contributed by atoms with Gasteiger partial charge in [-0.05, 0) is 82.4 Å². The van der Waals surface area contributed by atoms with Crippen molar-refractivity contribution in [2.75, 3.05) is 0 Å². The molecule has 0 spiro atoms. The van der Waals surface area contributed by atoms with Gasteiger partial charge in [-0.1, -0.05) is 140 Å². The van der Waals surface area contributed by atoms with Crippen LogP contribution in [0.5, 0.6) is 0 Å². The van der Waals surface area contributed by atoms with Gasteiger partial charge in [0.2, 0.25) is 0 Å². The monoisotopic (exact) mass is 732 g/mol. The van der Waals surface area contributed by atoms with Crippen molar-refractivity contribution in [2.24, 2.45) is 0 Å². The van der Waals surface area contributed by atoms with Crippen molar-refractivity contribution in [2.45, 2.75) is 0 Å². The fourth-order valence-corrected chi connectivity index (χ4v) is 9.07. The minimum Gasteiger partial charge on any atom is -0.455 e. The molecule has 56 heavy (non-hydrogen) atoms. The van der Waals surface area contributed by atoms with Crippen LogP contribution >= 0.6 is 11.3 Å². The van der Waals surface area contributed by atoms with Gasteiger partial charge in [-0.15, -0.1) is 11.3 Å². The molecule has 0 saturated carbocycles. The molecule has 3 nitrogen and oxygen atoms in total. The van der Waals surface area contributed by atoms with Gasteiger partial charge < -0.3 is 4.42 Å². The van der Waals surface area contributed by atoms with Crippen LogP contribution in [0.25, 0.3) is 109 Å². The lowest BCUT2D eigenvalue weighted by Crippen LogP contribution is -1.97. The number of para-hydroxylation sites is 1. The summed E-state index contributed by atoms with van der Waals surface area (Å²) in [6.45, 7) is 0. The van der Waals surface area contributed by atoms with E-state index < -0.39 is 0 Å². The molecule has 0 aliphatic heterocycles. The normalized spacial score (nSPS) is 11.6. The Hall–Kier alpha value is -7.14. The summed E-state index contributed by atoms with van der Waals surface area (Å²) in [4.78, 5) is 10.6. The maximum Gasteiger partial charge on any atom is 0.160 e. The Kier molecular flexibility index (Phi) is 7.68. The number of nitrogens with zero attached hydrogens (tertiary/aromatic N) is 2. The number of aromatic nitrogens is 2. The molecule has 4 heteroatoms. The number of benzene rings is 8. The van der Waals surface area contributed by atoms with Crippen LogP contribution in [0, 0.1) is 0 Å². The smallest absolute Gasteiger partial charge is 0.160 e. The predicted molar refractivity (Wildman–Crippen MR) is 235 cm³/mol. The summed E-state index contributed by atoms with van der Waals surface area (Å²) in [7, 11) is 0. The van der Waals surface area contributed by atoms with Crippen LogP contribution in [0.3, 0.4) is 0 Å². The van der Waals surface area contributed by atoms with Crippen molar-refractivity contribution in [3.63, 3.8) is 0 Å². The van der Waals surface area contributed by atoms with E-state index in [0.29, 0.717) is 5.82 Å². The molecule has 3 heterocycles. The Labute approximate surface area is 327 Å². The highest BCUT2D eigenvalue weighted by Gasteiger charge is 2.21. The van der Waals surface area contributed by atoms with E-state index in [1.165, 1.54) is 20.2 Å². The minimum absolute atomic E-state index is 0.671. The largest absolute Gasteiger partial charge is 0.455 e. The van der Waals surface area contributed by atoms with Gasteiger partial charge >= 0.3 is 0 Å². The average molecular weight is 733 g/mol. The number of hydrogen-bond acceptors (Lipinski definition) is 4. The molecule has 0 aliphatic carbocycles. The second-order valence-electron chi connectivity index (χ2n) is 14.1. The highest BCUT2D eigenvalue weighted by Crippen LogP contribution is 2.44. The molecule has 0 N–H and O–H groups in total. The quantitative estimate of drug-likeness (QED) is 0.171. The van der Waals surface area contributed by atoms with Crippen LogP contribution in [0.15, 0.2) is 199 Å². The third-order valence-electron chi connectivity index (χ3n) is 10.7. The van der Waals surface area contributed by atoms with Crippen LogP contribution in [-0.2, 0) is 0 Å². The summed E-state index contributed by atoms with van der Waals surface area (Å²) in [5.41, 5.74) is 13.1. The standard InChI is InChI=1S/C52H32N2OS/c1-4-14-33(15-5-1)37-28-38(34-16-6-2-7-17-34)30-39(29-37)45-32-46(54-52(53-45)35-18-8-3-9-19-35)42-26-25-40(51-50(42)43-21-10-12-22-47(43)55-51)36-24-27-49-44(31-36)41-20-11-13-23-48(41)56-49/h1-32H. The SMILES string of the molecule is c1ccc(-c2cc(-c3ccccc3)cc(-c3cc(-c4ccc(-c5ccc6sc7ccccc7c6c5)c5oc6ccccc6c45)nc(-c4ccccc4)n3)c2)cc1. The van der Waals surface area contributed by atoms with Crippen molar-refractivity contribution in [1.29, 1.82) is 0 Å². The Morgan fingerprint density at radius 3 is 1.66 bits per heavy atom. The summed E-state index contributed by atoms with van der Waals surface area (Å²) < 4.78 is 9.37. The molecule has 0 unspecified atom stereocenters. The number of fused-ring (bicyclic) bond motifs is 6. The molecule has 0 bridgehead atoms. The van der Waals surface area contributed by atoms with Gasteiger partial charge in [0.1, 0.15) is 11.2 Å². The van der Waals surface area contributed by atoms with E-state index in [2.05, 4.69) is 170 Å². The van der Waals surface area contributed by atoms with E-state index in [4.69, 9.17) is 14.4 Å². The molecular formula is C52H32N2OS. The minimum atomic E-state index is 0.671. The van der Waals surface area contributed by atoms with Gasteiger partial charge in [0.25, 0.3) is 0 Å². The van der Waals surface area contributed by atoms with E-state index in [-0.39, 0.29) is 0 Å². The van der Waals surface area contributed by atoms with Crippen LogP contribution in [0.1, 0.15) is 0 Å². The Balaban J connectivity index is 1.15. The van der Waals surface area contributed by atoms with Crippen LogP contribution < -0.4 is 0 Å². The first-order chi connectivity index (χ1) is 27.7. The summed E-state index contributed by atoms with van der Waals surface area (Å²) in [6.07, 6.45) is 0. The summed E-state index contributed by atoms with van der Waals surface area (Å²) >= 11 is 1.83. The molecule has 0 atom stereocenters. The van der Waals surface area contributed by atoms with Crippen molar-refractivity contribution >= 4 is 53.4 Å². The summed E-state index contributed by atoms with van der Waals surface area (Å²) in [6, 6.07) is 68.5. The highest BCUT2D eigenvalue weighted by molar-refractivity contribution is 7.25. The highest BCUT2D eigenvalue weighted by atomic mass is 32.1. The molecule has 0 saturated heterocycles. The third kappa shape index (κ3) is 5.58. The number of furan rings is 1. The van der Waals surface area contributed by atoms with Crippen LogP contribution in [0.2, 0.25) is 0 Å². The molecule has 0 amide bonds. The molecule has 11 rings (SSSR count). The zero-order valence-corrected chi connectivity index (χ0v) is 31.0. The Bertz CT molecular complexity index is 3180. The first kappa shape index (κ1) is 32.3. The molecular weight excluding hydrogens is 701 g/mol. The molecule has 8 aromatic carbocycles. The molecule has 0 fully saturated rings. The van der Waals surface area contributed by atoms with Gasteiger partial charge in [0, 0.05) is 53.2 Å². The van der Waals surface area contributed by atoms with E-state index in [1.807, 2.05) is 35.6 Å². The van der Waals surface area contributed by atoms with Crippen molar-refractivity contribution in [1.82, 2.24) is 9.97 Å². The molecule has 3 aromatic heterocycles. The summed E-state index contributed by atoms with van der Waals surface area (Å²) in [5, 5.41) is 4.64. The van der Waals surface area contributed by atoms with E-state index in [1.54, 1.807) is 0 Å². The molecule has 0 radical (unpaired) electrons. The van der Waals surface area contributed by atoms with Gasteiger partial charge in [-0.25, -0.2) is 9.97 Å². The lowest BCUT2D eigenvalue weighted by molar-refractivity contribution is 0.670. The molecule has 11 aromatic rings. The van der Waals surface area contributed by atoms with Crippen molar-refractivity contribution in [3.8, 4) is 67.3 Å². The van der Waals surface area contributed by atoms with Gasteiger partial charge in [-0.3, -0.25) is 0 Å². The molecule has 262 valence electrons. The van der Waals surface area contributed by atoms with Gasteiger partial charge in [0.15, 0.2) is 5.82 Å². The first-order valence-electron chi connectivity index (χ1n) is 18.8. The maximum absolute atomic E-state index is 6.80. The van der Waals surface area contributed by atoms with Gasteiger partial charge in [-0.2, -0.15) is 0 Å². The van der Waals surface area contributed by atoms with Crippen LogP contribution in [0.4, 0.5) is 0 Å². The maximum atomic E-state index is 6.80. The van der Waals surface area contributed by atoms with E-state index >= 15 is 0 Å². The predicted octanol–water partition coefficient (Wildman–Crippen LogP) is 14.7. The fraction of sp³-hybridized carbons (Fsp3) is 0. The van der Waals surface area contributed by atoms with Gasteiger partial charge in [0.05, 0.1) is 11.4 Å². The van der Waals surface area contributed by atoms with Crippen molar-refractivity contribution < 1.29 is 4.42 Å². The topological polar surface area (TPSA) is 38.9 Å².